The molecule has 2 aromatic rings. The normalized spacial score (nSPS) is 11.6. The summed E-state index contributed by atoms with van der Waals surface area (Å²) in [5.41, 5.74) is 7.41. The molecule has 0 saturated heterocycles. The molecule has 0 amide bonds. The smallest absolute Gasteiger partial charge is 0.310 e. The summed E-state index contributed by atoms with van der Waals surface area (Å²) in [4.78, 5) is 18.1. The number of carbonyl (C=O) groups excluding carboxylic acids is 1. The van der Waals surface area contributed by atoms with Crippen molar-refractivity contribution in [3.05, 3.63) is 33.1 Å². The van der Waals surface area contributed by atoms with Crippen LogP contribution in [0.3, 0.4) is 0 Å². The number of carbonyl (C=O) groups is 1. The van der Waals surface area contributed by atoms with Gasteiger partial charge in [-0.05, 0) is 43.9 Å². The van der Waals surface area contributed by atoms with Crippen LogP contribution in [-0.4, -0.2) is 31.2 Å². The summed E-state index contributed by atoms with van der Waals surface area (Å²) in [7, 11) is 1.42. The van der Waals surface area contributed by atoms with Crippen molar-refractivity contribution in [2.75, 3.05) is 25.5 Å². The average Bonchev–Trinajstić information content (AvgIpc) is 3.15. The summed E-state index contributed by atoms with van der Waals surface area (Å²) in [5, 5.41) is 5.15. The Morgan fingerprint density at radius 1 is 1.23 bits per heavy atom. The van der Waals surface area contributed by atoms with Crippen LogP contribution in [0.5, 0.6) is 0 Å². The third kappa shape index (κ3) is 8.97. The number of unbranched alkanes of at least 4 members (excludes halogenated alkanes) is 1. The highest BCUT2D eigenvalue weighted by molar-refractivity contribution is 7.16. The Morgan fingerprint density at radius 2 is 1.94 bits per heavy atom. The SMILES string of the molecule is CC.COC(=O)C(CCCCN)CNc1nc(-c2ccc(Cl)c(Cl)c2)c(CC(C)C)s1. The van der Waals surface area contributed by atoms with E-state index in [9.17, 15) is 4.79 Å². The summed E-state index contributed by atoms with van der Waals surface area (Å²) in [5.74, 6) is 0.0551. The van der Waals surface area contributed by atoms with Crippen molar-refractivity contribution in [3.63, 3.8) is 0 Å². The van der Waals surface area contributed by atoms with E-state index >= 15 is 0 Å². The Hall–Kier alpha value is -1.34. The zero-order valence-corrected chi connectivity index (χ0v) is 21.5. The molecule has 1 unspecified atom stereocenters. The van der Waals surface area contributed by atoms with Crippen LogP contribution in [0.25, 0.3) is 11.3 Å². The Bertz CT molecular complexity index is 812. The van der Waals surface area contributed by atoms with Gasteiger partial charge in [0.2, 0.25) is 0 Å². The van der Waals surface area contributed by atoms with Crippen LogP contribution < -0.4 is 11.1 Å². The van der Waals surface area contributed by atoms with Crippen molar-refractivity contribution in [2.24, 2.45) is 17.6 Å². The minimum atomic E-state index is -0.225. The zero-order valence-electron chi connectivity index (χ0n) is 19.1. The number of anilines is 1. The van der Waals surface area contributed by atoms with Gasteiger partial charge in [-0.25, -0.2) is 4.98 Å². The van der Waals surface area contributed by atoms with Crippen LogP contribution in [0.15, 0.2) is 18.2 Å². The molecule has 0 aliphatic carbocycles. The zero-order chi connectivity index (χ0) is 23.4. The van der Waals surface area contributed by atoms with Gasteiger partial charge in [-0.1, -0.05) is 63.4 Å². The maximum atomic E-state index is 12.1. The molecule has 0 saturated carbocycles. The summed E-state index contributed by atoms with van der Waals surface area (Å²) in [6.07, 6.45) is 3.43. The predicted octanol–water partition coefficient (Wildman–Crippen LogP) is 6.67. The number of ether oxygens (including phenoxy) is 1. The summed E-state index contributed by atoms with van der Waals surface area (Å²) in [6, 6.07) is 5.56. The van der Waals surface area contributed by atoms with Crippen LogP contribution in [0.1, 0.15) is 51.8 Å². The van der Waals surface area contributed by atoms with E-state index in [-0.39, 0.29) is 11.9 Å². The standard InChI is InChI=1S/C21H29Cl2N3O2S.C2H6/c1-13(2)10-18-19(14-7-8-16(22)17(23)11-14)26-21(29-18)25-12-15(20(27)28-3)6-4-5-9-24;1-2/h7-8,11,13,15H,4-6,9-10,12,24H2,1-3H3,(H,25,26);1-2H3. The second kappa shape index (κ2) is 14.7. The van der Waals surface area contributed by atoms with Crippen molar-refractivity contribution in [2.45, 2.75) is 53.4 Å². The largest absolute Gasteiger partial charge is 0.469 e. The summed E-state index contributed by atoms with van der Waals surface area (Å²) in [6.45, 7) is 9.46. The van der Waals surface area contributed by atoms with Gasteiger partial charge in [0.05, 0.1) is 28.8 Å². The fraction of sp³-hybridized carbons (Fsp3) is 0.565. The Balaban J connectivity index is 0.00000233. The number of halogens is 2. The van der Waals surface area contributed by atoms with Crippen molar-refractivity contribution in [1.29, 1.82) is 0 Å². The first-order valence-electron chi connectivity index (χ1n) is 10.8. The number of thiazole rings is 1. The quantitative estimate of drug-likeness (QED) is 0.273. The molecule has 0 fully saturated rings. The van der Waals surface area contributed by atoms with E-state index in [1.54, 1.807) is 17.4 Å². The van der Waals surface area contributed by atoms with E-state index in [1.165, 1.54) is 12.0 Å². The molecule has 1 aromatic carbocycles. The molecule has 0 radical (unpaired) electrons. The van der Waals surface area contributed by atoms with Crippen molar-refractivity contribution >= 4 is 45.6 Å². The van der Waals surface area contributed by atoms with Gasteiger partial charge in [0.25, 0.3) is 0 Å². The van der Waals surface area contributed by atoms with Crippen LogP contribution in [0.4, 0.5) is 5.13 Å². The second-order valence-electron chi connectivity index (χ2n) is 7.40. The van der Waals surface area contributed by atoms with Crippen molar-refractivity contribution < 1.29 is 9.53 Å². The minimum absolute atomic E-state index is 0.210. The fourth-order valence-corrected chi connectivity index (χ4v) is 4.52. The van der Waals surface area contributed by atoms with Gasteiger partial charge in [0.1, 0.15) is 0 Å². The third-order valence-electron chi connectivity index (χ3n) is 4.52. The maximum absolute atomic E-state index is 12.1. The highest BCUT2D eigenvalue weighted by Crippen LogP contribution is 2.35. The lowest BCUT2D eigenvalue weighted by Crippen LogP contribution is -2.24. The highest BCUT2D eigenvalue weighted by Gasteiger charge is 2.20. The van der Waals surface area contributed by atoms with E-state index in [0.717, 1.165) is 42.1 Å². The topological polar surface area (TPSA) is 77.2 Å². The van der Waals surface area contributed by atoms with Gasteiger partial charge in [-0.3, -0.25) is 4.79 Å². The van der Waals surface area contributed by atoms with E-state index < -0.39 is 0 Å². The lowest BCUT2D eigenvalue weighted by Gasteiger charge is -2.14. The van der Waals surface area contributed by atoms with Gasteiger partial charge >= 0.3 is 5.97 Å². The van der Waals surface area contributed by atoms with Gasteiger partial charge < -0.3 is 15.8 Å². The molecule has 0 bridgehead atoms. The molecule has 31 heavy (non-hydrogen) atoms. The molecule has 0 aliphatic heterocycles. The fourth-order valence-electron chi connectivity index (χ4n) is 3.02. The first kappa shape index (κ1) is 27.7. The molecular formula is C23H35Cl2N3O2S. The van der Waals surface area contributed by atoms with E-state index in [2.05, 4.69) is 19.2 Å². The molecule has 1 aromatic heterocycles. The van der Waals surface area contributed by atoms with Crippen molar-refractivity contribution in [1.82, 2.24) is 4.98 Å². The van der Waals surface area contributed by atoms with Crippen LogP contribution in [0, 0.1) is 11.8 Å². The number of nitrogens with one attached hydrogen (secondary N) is 1. The molecule has 3 N–H and O–H groups in total. The number of nitrogens with zero attached hydrogens (tertiary/aromatic N) is 1. The molecule has 1 heterocycles. The van der Waals surface area contributed by atoms with E-state index in [4.69, 9.17) is 38.7 Å². The monoisotopic (exact) mass is 487 g/mol. The Labute approximate surface area is 200 Å². The highest BCUT2D eigenvalue weighted by atomic mass is 35.5. The third-order valence-corrected chi connectivity index (χ3v) is 6.30. The molecule has 0 aliphatic rings. The lowest BCUT2D eigenvalue weighted by atomic mass is 10.0. The number of esters is 1. The van der Waals surface area contributed by atoms with Gasteiger partial charge in [0, 0.05) is 17.0 Å². The number of hydrogen-bond acceptors (Lipinski definition) is 6. The lowest BCUT2D eigenvalue weighted by molar-refractivity contribution is -0.145. The number of methoxy groups -OCH3 is 1. The van der Waals surface area contributed by atoms with Crippen LogP contribution in [-0.2, 0) is 16.0 Å². The van der Waals surface area contributed by atoms with Gasteiger partial charge in [0.15, 0.2) is 5.13 Å². The molecular weight excluding hydrogens is 453 g/mol. The van der Waals surface area contributed by atoms with Crippen LogP contribution >= 0.6 is 34.5 Å². The maximum Gasteiger partial charge on any atom is 0.310 e. The number of benzene rings is 1. The number of hydrogen-bond donors (Lipinski definition) is 2. The molecule has 5 nitrogen and oxygen atoms in total. The van der Waals surface area contributed by atoms with Crippen LogP contribution in [0.2, 0.25) is 10.0 Å². The van der Waals surface area contributed by atoms with E-state index in [0.29, 0.717) is 29.1 Å². The molecule has 1 atom stereocenters. The number of nitrogens with two attached hydrogens (primary N) is 1. The number of rotatable bonds is 11. The average molecular weight is 489 g/mol. The molecule has 0 spiro atoms. The molecule has 8 heteroatoms. The summed E-state index contributed by atoms with van der Waals surface area (Å²) < 4.78 is 4.95. The van der Waals surface area contributed by atoms with Gasteiger partial charge in [-0.15, -0.1) is 11.3 Å². The Morgan fingerprint density at radius 3 is 2.52 bits per heavy atom. The number of aromatic nitrogens is 1. The van der Waals surface area contributed by atoms with E-state index in [1.807, 2.05) is 26.0 Å². The summed E-state index contributed by atoms with van der Waals surface area (Å²) >= 11 is 13.9. The minimum Gasteiger partial charge on any atom is -0.469 e. The molecule has 2 rings (SSSR count). The predicted molar refractivity (Wildman–Crippen MR) is 134 cm³/mol. The van der Waals surface area contributed by atoms with Crippen molar-refractivity contribution in [3.8, 4) is 11.3 Å². The first-order valence-corrected chi connectivity index (χ1v) is 12.4. The Kier molecular flexibility index (Phi) is 13.1. The first-order chi connectivity index (χ1) is 14.8. The van der Waals surface area contributed by atoms with Gasteiger partial charge in [-0.2, -0.15) is 0 Å². The molecule has 174 valence electrons. The second-order valence-corrected chi connectivity index (χ2v) is 9.30.